The molecule has 0 radical (unpaired) electrons. The van der Waals surface area contributed by atoms with Crippen LogP contribution in [0.5, 0.6) is 0 Å². The van der Waals surface area contributed by atoms with E-state index in [4.69, 9.17) is 5.11 Å². The number of rotatable bonds is 4. The standard InChI is InChI=1S/C10H11NO3S/c1-15-9(10(13)14)11-8(12)7-5-3-2-4-6-7/h2-6,9H,1H3,(H,11,12)(H,13,14). The van der Waals surface area contributed by atoms with E-state index in [2.05, 4.69) is 5.32 Å². The first-order valence-electron chi connectivity index (χ1n) is 4.26. The summed E-state index contributed by atoms with van der Waals surface area (Å²) in [4.78, 5) is 22.2. The minimum atomic E-state index is -1.05. The van der Waals surface area contributed by atoms with Gasteiger partial charge in [-0.3, -0.25) is 4.79 Å². The number of nitrogens with one attached hydrogen (secondary N) is 1. The molecule has 2 N–H and O–H groups in total. The fourth-order valence-corrected chi connectivity index (χ4v) is 1.44. The van der Waals surface area contributed by atoms with E-state index < -0.39 is 11.3 Å². The molecule has 1 unspecified atom stereocenters. The quantitative estimate of drug-likeness (QED) is 0.755. The number of benzene rings is 1. The number of carbonyl (C=O) groups is 2. The van der Waals surface area contributed by atoms with Crippen molar-refractivity contribution >= 4 is 23.6 Å². The summed E-state index contributed by atoms with van der Waals surface area (Å²) in [5, 5.41) is 10.2. The molecule has 0 aliphatic carbocycles. The second kappa shape index (κ2) is 5.41. The van der Waals surface area contributed by atoms with Crippen molar-refractivity contribution in [3.05, 3.63) is 35.9 Å². The van der Waals surface area contributed by atoms with E-state index in [0.717, 1.165) is 11.8 Å². The summed E-state index contributed by atoms with van der Waals surface area (Å²) in [6.07, 6.45) is 1.63. The Kier molecular flexibility index (Phi) is 4.17. The summed E-state index contributed by atoms with van der Waals surface area (Å²) in [6.45, 7) is 0. The third kappa shape index (κ3) is 3.28. The zero-order valence-electron chi connectivity index (χ0n) is 8.14. The third-order valence-corrected chi connectivity index (χ3v) is 2.55. The molecule has 1 atom stereocenters. The van der Waals surface area contributed by atoms with Crippen molar-refractivity contribution in [2.24, 2.45) is 0 Å². The molecule has 1 aromatic rings. The van der Waals surface area contributed by atoms with Crippen LogP contribution in [0.25, 0.3) is 0 Å². The van der Waals surface area contributed by atoms with Crippen molar-refractivity contribution in [2.45, 2.75) is 5.37 Å². The van der Waals surface area contributed by atoms with Gasteiger partial charge >= 0.3 is 5.97 Å². The van der Waals surface area contributed by atoms with Gasteiger partial charge in [-0.25, -0.2) is 4.79 Å². The van der Waals surface area contributed by atoms with Gasteiger partial charge < -0.3 is 10.4 Å². The van der Waals surface area contributed by atoms with Crippen LogP contribution in [0.4, 0.5) is 0 Å². The highest BCUT2D eigenvalue weighted by Crippen LogP contribution is 2.05. The van der Waals surface area contributed by atoms with E-state index in [9.17, 15) is 9.59 Å². The van der Waals surface area contributed by atoms with E-state index in [1.165, 1.54) is 0 Å². The summed E-state index contributed by atoms with van der Waals surface area (Å²) in [6, 6.07) is 8.51. The molecule has 1 rings (SSSR count). The monoisotopic (exact) mass is 225 g/mol. The molecule has 1 amide bonds. The largest absolute Gasteiger partial charge is 0.479 e. The molecule has 0 aliphatic rings. The maximum Gasteiger partial charge on any atom is 0.336 e. The normalized spacial score (nSPS) is 11.8. The average Bonchev–Trinajstić information content (AvgIpc) is 2.26. The Hall–Kier alpha value is -1.49. The van der Waals surface area contributed by atoms with E-state index in [-0.39, 0.29) is 5.91 Å². The average molecular weight is 225 g/mol. The molecular weight excluding hydrogens is 214 g/mol. The van der Waals surface area contributed by atoms with Crippen LogP contribution in [0.15, 0.2) is 30.3 Å². The van der Waals surface area contributed by atoms with Gasteiger partial charge in [0.2, 0.25) is 0 Å². The molecule has 0 aromatic heterocycles. The molecule has 0 saturated carbocycles. The van der Waals surface area contributed by atoms with Gasteiger partial charge in [0, 0.05) is 5.56 Å². The summed E-state index contributed by atoms with van der Waals surface area (Å²) in [5.74, 6) is -1.43. The molecule has 0 heterocycles. The highest BCUT2D eigenvalue weighted by Gasteiger charge is 2.18. The van der Waals surface area contributed by atoms with Gasteiger partial charge in [-0.1, -0.05) is 18.2 Å². The maximum absolute atomic E-state index is 11.5. The van der Waals surface area contributed by atoms with Gasteiger partial charge in [0.1, 0.15) is 0 Å². The van der Waals surface area contributed by atoms with Gasteiger partial charge in [-0.05, 0) is 18.4 Å². The number of aliphatic carboxylic acids is 1. The summed E-state index contributed by atoms with van der Waals surface area (Å²) in [7, 11) is 0. The van der Waals surface area contributed by atoms with E-state index >= 15 is 0 Å². The van der Waals surface area contributed by atoms with Crippen LogP contribution in [0.3, 0.4) is 0 Å². The fraction of sp³-hybridized carbons (Fsp3) is 0.200. The fourth-order valence-electron chi connectivity index (χ4n) is 1.01. The number of carboxylic acid groups (broad SMARTS) is 1. The lowest BCUT2D eigenvalue weighted by atomic mass is 10.2. The number of hydrogen-bond acceptors (Lipinski definition) is 3. The number of amides is 1. The highest BCUT2D eigenvalue weighted by atomic mass is 32.2. The molecule has 1 aromatic carbocycles. The zero-order valence-corrected chi connectivity index (χ0v) is 8.95. The second-order valence-corrected chi connectivity index (χ2v) is 3.74. The van der Waals surface area contributed by atoms with Crippen LogP contribution in [-0.4, -0.2) is 28.6 Å². The van der Waals surface area contributed by atoms with Crippen LogP contribution >= 0.6 is 11.8 Å². The zero-order chi connectivity index (χ0) is 11.3. The Labute approximate surface area is 91.7 Å². The predicted octanol–water partition coefficient (Wildman–Crippen LogP) is 1.19. The molecule has 0 fully saturated rings. The Morgan fingerprint density at radius 3 is 2.40 bits per heavy atom. The van der Waals surface area contributed by atoms with Crippen molar-refractivity contribution in [3.63, 3.8) is 0 Å². The van der Waals surface area contributed by atoms with Gasteiger partial charge in [-0.2, -0.15) is 0 Å². The number of carboxylic acids is 1. The molecule has 80 valence electrons. The van der Waals surface area contributed by atoms with Crippen molar-refractivity contribution in [2.75, 3.05) is 6.26 Å². The Morgan fingerprint density at radius 2 is 1.93 bits per heavy atom. The first-order valence-corrected chi connectivity index (χ1v) is 5.55. The Balaban J connectivity index is 2.67. The maximum atomic E-state index is 11.5. The molecule has 0 bridgehead atoms. The molecule has 0 spiro atoms. The van der Waals surface area contributed by atoms with Gasteiger partial charge in [-0.15, -0.1) is 11.8 Å². The van der Waals surface area contributed by atoms with Crippen molar-refractivity contribution in [1.29, 1.82) is 0 Å². The summed E-state index contributed by atoms with van der Waals surface area (Å²) in [5.41, 5.74) is 0.456. The van der Waals surface area contributed by atoms with Crippen LogP contribution < -0.4 is 5.32 Å². The molecule has 4 nitrogen and oxygen atoms in total. The van der Waals surface area contributed by atoms with Crippen LogP contribution in [-0.2, 0) is 4.79 Å². The van der Waals surface area contributed by atoms with E-state index in [1.54, 1.807) is 36.6 Å². The van der Waals surface area contributed by atoms with E-state index in [1.807, 2.05) is 0 Å². The second-order valence-electron chi connectivity index (χ2n) is 2.79. The van der Waals surface area contributed by atoms with Crippen molar-refractivity contribution < 1.29 is 14.7 Å². The predicted molar refractivity (Wildman–Crippen MR) is 58.8 cm³/mol. The van der Waals surface area contributed by atoms with Crippen LogP contribution in [0.1, 0.15) is 10.4 Å². The minimum Gasteiger partial charge on any atom is -0.479 e. The first kappa shape index (κ1) is 11.6. The number of carbonyl (C=O) groups excluding carboxylic acids is 1. The van der Waals surface area contributed by atoms with E-state index in [0.29, 0.717) is 5.56 Å². The summed E-state index contributed by atoms with van der Waals surface area (Å²) < 4.78 is 0. The highest BCUT2D eigenvalue weighted by molar-refractivity contribution is 7.99. The minimum absolute atomic E-state index is 0.377. The Bertz CT molecular complexity index is 353. The topological polar surface area (TPSA) is 66.4 Å². The molecule has 0 aliphatic heterocycles. The number of thioether (sulfide) groups is 1. The van der Waals surface area contributed by atoms with Gasteiger partial charge in [0.05, 0.1) is 0 Å². The first-order chi connectivity index (χ1) is 7.15. The SMILES string of the molecule is CSC(NC(=O)c1ccccc1)C(=O)O. The lowest BCUT2D eigenvalue weighted by Crippen LogP contribution is -2.38. The van der Waals surface area contributed by atoms with Crippen molar-refractivity contribution in [3.8, 4) is 0 Å². The molecular formula is C10H11NO3S. The lowest BCUT2D eigenvalue weighted by molar-refractivity contribution is -0.136. The molecule has 15 heavy (non-hydrogen) atoms. The lowest BCUT2D eigenvalue weighted by Gasteiger charge is -2.11. The third-order valence-electron chi connectivity index (χ3n) is 1.76. The van der Waals surface area contributed by atoms with Crippen LogP contribution in [0.2, 0.25) is 0 Å². The Morgan fingerprint density at radius 1 is 1.33 bits per heavy atom. The summed E-state index contributed by atoms with van der Waals surface area (Å²) >= 11 is 1.07. The smallest absolute Gasteiger partial charge is 0.336 e. The van der Waals surface area contributed by atoms with Crippen molar-refractivity contribution in [1.82, 2.24) is 5.32 Å². The van der Waals surface area contributed by atoms with Gasteiger partial charge in [0.15, 0.2) is 5.37 Å². The van der Waals surface area contributed by atoms with Gasteiger partial charge in [0.25, 0.3) is 5.91 Å². The molecule has 5 heteroatoms. The van der Waals surface area contributed by atoms with Crippen LogP contribution in [0, 0.1) is 0 Å². The number of hydrogen-bond donors (Lipinski definition) is 2. The molecule has 0 saturated heterocycles.